The third-order valence-corrected chi connectivity index (χ3v) is 4.03. The van der Waals surface area contributed by atoms with E-state index in [1.165, 1.54) is 12.8 Å². The molecule has 0 spiro atoms. The molecule has 80 valence electrons. The van der Waals surface area contributed by atoms with Gasteiger partial charge in [0.2, 0.25) is 0 Å². The van der Waals surface area contributed by atoms with Crippen LogP contribution in [-0.2, 0) is 0 Å². The Morgan fingerprint density at radius 1 is 1.21 bits per heavy atom. The first kappa shape index (κ1) is 10.2. The topological polar surface area (TPSA) is 40.5 Å². The Balaban J connectivity index is 2.09. The maximum atomic E-state index is 10.6. The van der Waals surface area contributed by atoms with Crippen molar-refractivity contribution in [3.05, 3.63) is 12.2 Å². The maximum Gasteiger partial charge on any atom is 0.0738 e. The van der Waals surface area contributed by atoms with E-state index >= 15 is 0 Å². The van der Waals surface area contributed by atoms with E-state index in [1.807, 2.05) is 6.08 Å². The molecule has 3 atom stereocenters. The zero-order valence-corrected chi connectivity index (χ0v) is 8.65. The molecule has 0 aromatic heterocycles. The molecule has 14 heavy (non-hydrogen) atoms. The van der Waals surface area contributed by atoms with Gasteiger partial charge in [0.25, 0.3) is 0 Å². The van der Waals surface area contributed by atoms with Crippen LogP contribution in [0.2, 0.25) is 0 Å². The number of rotatable bonds is 2. The van der Waals surface area contributed by atoms with Gasteiger partial charge in [-0.3, -0.25) is 0 Å². The average molecular weight is 196 g/mol. The summed E-state index contributed by atoms with van der Waals surface area (Å²) in [6.07, 6.45) is 10.7. The third-order valence-electron chi connectivity index (χ3n) is 4.03. The van der Waals surface area contributed by atoms with Crippen LogP contribution in [0.3, 0.4) is 0 Å². The van der Waals surface area contributed by atoms with Crippen LogP contribution >= 0.6 is 0 Å². The minimum Gasteiger partial charge on any atom is -0.392 e. The lowest BCUT2D eigenvalue weighted by molar-refractivity contribution is -0.0495. The highest BCUT2D eigenvalue weighted by Gasteiger charge is 2.48. The van der Waals surface area contributed by atoms with Crippen molar-refractivity contribution in [2.24, 2.45) is 11.8 Å². The van der Waals surface area contributed by atoms with Crippen LogP contribution < -0.4 is 0 Å². The first-order chi connectivity index (χ1) is 6.77. The molecule has 2 nitrogen and oxygen atoms in total. The molecular weight excluding hydrogens is 176 g/mol. The van der Waals surface area contributed by atoms with Crippen molar-refractivity contribution >= 4 is 0 Å². The van der Waals surface area contributed by atoms with E-state index in [2.05, 4.69) is 0 Å². The zero-order valence-electron chi connectivity index (χ0n) is 8.65. The van der Waals surface area contributed by atoms with E-state index < -0.39 is 5.60 Å². The quantitative estimate of drug-likeness (QED) is 0.662. The summed E-state index contributed by atoms with van der Waals surface area (Å²) in [7, 11) is 0. The summed E-state index contributed by atoms with van der Waals surface area (Å²) in [5, 5.41) is 19.3. The molecule has 0 heterocycles. The summed E-state index contributed by atoms with van der Waals surface area (Å²) in [5.41, 5.74) is -0.441. The predicted octanol–water partition coefficient (Wildman–Crippen LogP) is 1.87. The van der Waals surface area contributed by atoms with Gasteiger partial charge in [-0.1, -0.05) is 25.0 Å². The molecule has 0 amide bonds. The largest absolute Gasteiger partial charge is 0.392 e. The second kappa shape index (κ2) is 4.03. The van der Waals surface area contributed by atoms with Crippen LogP contribution in [0.1, 0.15) is 38.5 Å². The summed E-state index contributed by atoms with van der Waals surface area (Å²) in [6.45, 7) is 0.0945. The first-order valence-electron chi connectivity index (χ1n) is 5.77. The fourth-order valence-corrected chi connectivity index (χ4v) is 3.25. The minimum absolute atomic E-state index is 0.0945. The number of fused-ring (bicyclic) bond motifs is 1. The lowest BCUT2D eigenvalue weighted by Crippen LogP contribution is -2.41. The monoisotopic (exact) mass is 196 g/mol. The summed E-state index contributed by atoms with van der Waals surface area (Å²) in [5.74, 6) is 0.810. The summed E-state index contributed by atoms with van der Waals surface area (Å²) in [4.78, 5) is 0. The maximum absolute atomic E-state index is 10.6. The molecule has 2 aliphatic rings. The molecule has 2 saturated carbocycles. The summed E-state index contributed by atoms with van der Waals surface area (Å²) < 4.78 is 0. The van der Waals surface area contributed by atoms with Gasteiger partial charge in [-0.2, -0.15) is 0 Å². The molecule has 2 heteroatoms. The lowest BCUT2D eigenvalue weighted by atomic mass is 9.74. The average Bonchev–Trinajstić information content (AvgIpc) is 2.52. The molecule has 0 unspecified atom stereocenters. The third kappa shape index (κ3) is 1.61. The van der Waals surface area contributed by atoms with Crippen LogP contribution in [0.15, 0.2) is 12.2 Å². The van der Waals surface area contributed by atoms with Crippen molar-refractivity contribution in [1.82, 2.24) is 0 Å². The zero-order chi connectivity index (χ0) is 10.0. The van der Waals surface area contributed by atoms with Crippen LogP contribution in [-0.4, -0.2) is 22.4 Å². The summed E-state index contributed by atoms with van der Waals surface area (Å²) >= 11 is 0. The van der Waals surface area contributed by atoms with Gasteiger partial charge >= 0.3 is 0 Å². The molecule has 2 aliphatic carbocycles. The highest BCUT2D eigenvalue weighted by atomic mass is 16.3. The van der Waals surface area contributed by atoms with Gasteiger partial charge in [-0.05, 0) is 31.6 Å². The van der Waals surface area contributed by atoms with Crippen molar-refractivity contribution in [3.63, 3.8) is 0 Å². The predicted molar refractivity (Wildman–Crippen MR) is 55.9 cm³/mol. The SMILES string of the molecule is OC/C=C/[C@H]1CC[C@H]2CCCC[C@]21O. The van der Waals surface area contributed by atoms with E-state index in [9.17, 15) is 5.11 Å². The van der Waals surface area contributed by atoms with Gasteiger partial charge in [0.15, 0.2) is 0 Å². The number of hydrogen-bond acceptors (Lipinski definition) is 2. The Hall–Kier alpha value is -0.340. The standard InChI is InChI=1S/C12H20O2/c13-9-3-5-11-7-6-10-4-1-2-8-12(10,11)14/h3,5,10-11,13-14H,1-2,4,6-9H2/b5-3+/t10-,11+,12+/m1/s1. The normalized spacial score (nSPS) is 43.0. The Morgan fingerprint density at radius 3 is 2.86 bits per heavy atom. The van der Waals surface area contributed by atoms with E-state index in [-0.39, 0.29) is 6.61 Å². The fraction of sp³-hybridized carbons (Fsp3) is 0.833. The van der Waals surface area contributed by atoms with Gasteiger partial charge in [0.1, 0.15) is 0 Å². The lowest BCUT2D eigenvalue weighted by Gasteiger charge is -2.38. The Bertz CT molecular complexity index is 224. The van der Waals surface area contributed by atoms with E-state index in [0.29, 0.717) is 11.8 Å². The van der Waals surface area contributed by atoms with E-state index in [0.717, 1.165) is 25.7 Å². The van der Waals surface area contributed by atoms with E-state index in [4.69, 9.17) is 5.11 Å². The number of aliphatic hydroxyl groups excluding tert-OH is 1. The Morgan fingerprint density at radius 2 is 2.07 bits per heavy atom. The highest BCUT2D eigenvalue weighted by molar-refractivity contribution is 5.08. The van der Waals surface area contributed by atoms with Crippen LogP contribution in [0.25, 0.3) is 0 Å². The van der Waals surface area contributed by atoms with Gasteiger partial charge < -0.3 is 10.2 Å². The van der Waals surface area contributed by atoms with Crippen molar-refractivity contribution in [3.8, 4) is 0 Å². The highest BCUT2D eigenvalue weighted by Crippen LogP contribution is 2.49. The minimum atomic E-state index is -0.441. The van der Waals surface area contributed by atoms with Crippen molar-refractivity contribution in [2.75, 3.05) is 6.61 Å². The molecule has 0 bridgehead atoms. The number of aliphatic hydroxyl groups is 2. The summed E-state index contributed by atoms with van der Waals surface area (Å²) in [6, 6.07) is 0. The molecule has 0 aromatic rings. The molecule has 2 rings (SSSR count). The second-order valence-electron chi connectivity index (χ2n) is 4.73. The molecule has 2 fully saturated rings. The molecule has 0 aromatic carbocycles. The van der Waals surface area contributed by atoms with Gasteiger partial charge in [-0.15, -0.1) is 0 Å². The number of hydrogen-bond donors (Lipinski definition) is 2. The molecule has 0 aliphatic heterocycles. The van der Waals surface area contributed by atoms with Crippen LogP contribution in [0.4, 0.5) is 0 Å². The van der Waals surface area contributed by atoms with E-state index in [1.54, 1.807) is 6.08 Å². The second-order valence-corrected chi connectivity index (χ2v) is 4.73. The molecule has 2 N–H and O–H groups in total. The smallest absolute Gasteiger partial charge is 0.0738 e. The molecule has 0 radical (unpaired) electrons. The fourth-order valence-electron chi connectivity index (χ4n) is 3.25. The van der Waals surface area contributed by atoms with Crippen molar-refractivity contribution < 1.29 is 10.2 Å². The Kier molecular flexibility index (Phi) is 2.93. The molecular formula is C12H20O2. The van der Waals surface area contributed by atoms with Crippen molar-refractivity contribution in [2.45, 2.75) is 44.1 Å². The Labute approximate surface area is 85.6 Å². The van der Waals surface area contributed by atoms with Gasteiger partial charge in [0, 0.05) is 5.92 Å². The molecule has 0 saturated heterocycles. The first-order valence-corrected chi connectivity index (χ1v) is 5.77. The van der Waals surface area contributed by atoms with Crippen LogP contribution in [0.5, 0.6) is 0 Å². The van der Waals surface area contributed by atoms with Gasteiger partial charge in [-0.25, -0.2) is 0 Å². The van der Waals surface area contributed by atoms with Crippen molar-refractivity contribution in [1.29, 1.82) is 0 Å². The van der Waals surface area contributed by atoms with Crippen LogP contribution in [0, 0.1) is 11.8 Å². The van der Waals surface area contributed by atoms with Gasteiger partial charge in [0.05, 0.1) is 12.2 Å².